The van der Waals surface area contributed by atoms with E-state index in [1.165, 1.54) is 4.90 Å². The van der Waals surface area contributed by atoms with Crippen LogP contribution in [-0.2, 0) is 14.3 Å². The predicted molar refractivity (Wildman–Crippen MR) is 58.4 cm³/mol. The van der Waals surface area contributed by atoms with E-state index in [-0.39, 0.29) is 25.5 Å². The van der Waals surface area contributed by atoms with Crippen LogP contribution in [0.1, 0.15) is 19.3 Å². The largest absolute Gasteiger partial charge is 0.481 e. The molecule has 0 bridgehead atoms. The lowest BCUT2D eigenvalue weighted by molar-refractivity contribution is -0.146. The molecule has 1 unspecified atom stereocenters. The molecule has 0 spiro atoms. The zero-order chi connectivity index (χ0) is 13.5. The Bertz CT molecular complexity index is 299. The summed E-state index contributed by atoms with van der Waals surface area (Å²) in [6, 6.07) is 0. The summed E-state index contributed by atoms with van der Waals surface area (Å²) >= 11 is 0. The molecule has 1 atom stereocenters. The first-order valence-electron chi connectivity index (χ1n) is 5.87. The average Bonchev–Trinajstić information content (AvgIpc) is 2.34. The number of halogens is 2. The highest BCUT2D eigenvalue weighted by atomic mass is 19.3. The van der Waals surface area contributed by atoms with E-state index >= 15 is 0 Å². The molecule has 104 valence electrons. The van der Waals surface area contributed by atoms with Gasteiger partial charge in [0.05, 0.1) is 18.9 Å². The van der Waals surface area contributed by atoms with Gasteiger partial charge in [0.1, 0.15) is 6.61 Å². The minimum absolute atomic E-state index is 0.0130. The molecule has 0 aromatic rings. The van der Waals surface area contributed by atoms with Crippen LogP contribution >= 0.6 is 0 Å². The van der Waals surface area contributed by atoms with Crippen molar-refractivity contribution in [3.63, 3.8) is 0 Å². The van der Waals surface area contributed by atoms with Gasteiger partial charge >= 0.3 is 5.97 Å². The maximum atomic E-state index is 11.8. The second kappa shape index (κ2) is 7.25. The van der Waals surface area contributed by atoms with E-state index in [4.69, 9.17) is 5.11 Å². The first-order chi connectivity index (χ1) is 8.50. The zero-order valence-electron chi connectivity index (χ0n) is 9.98. The fraction of sp³-hybridized carbons (Fsp3) is 0.818. The predicted octanol–water partition coefficient (Wildman–Crippen LogP) is 0.981. The Morgan fingerprint density at radius 3 is 2.78 bits per heavy atom. The van der Waals surface area contributed by atoms with E-state index in [1.807, 2.05) is 0 Å². The molecule has 1 heterocycles. The van der Waals surface area contributed by atoms with Crippen molar-refractivity contribution < 1.29 is 28.2 Å². The molecule has 1 saturated heterocycles. The molecule has 5 nitrogen and oxygen atoms in total. The maximum absolute atomic E-state index is 11.8. The van der Waals surface area contributed by atoms with Crippen molar-refractivity contribution >= 4 is 11.9 Å². The number of rotatable bonds is 6. The van der Waals surface area contributed by atoms with Crippen LogP contribution in [0.3, 0.4) is 0 Å². The van der Waals surface area contributed by atoms with E-state index in [2.05, 4.69) is 4.74 Å². The summed E-state index contributed by atoms with van der Waals surface area (Å²) in [7, 11) is 0. The molecular weight excluding hydrogens is 248 g/mol. The van der Waals surface area contributed by atoms with Gasteiger partial charge in [-0.15, -0.1) is 0 Å². The van der Waals surface area contributed by atoms with Gasteiger partial charge in [-0.3, -0.25) is 9.59 Å². The first kappa shape index (κ1) is 14.8. The quantitative estimate of drug-likeness (QED) is 0.727. The molecule has 1 fully saturated rings. The fourth-order valence-corrected chi connectivity index (χ4v) is 1.90. The zero-order valence-corrected chi connectivity index (χ0v) is 9.98. The number of nitrogens with zero attached hydrogens (tertiary/aromatic N) is 1. The SMILES string of the molecule is O=C(O)C1CCCN(C(=O)CCOCC(F)F)C1. The Kier molecular flexibility index (Phi) is 5.97. The van der Waals surface area contributed by atoms with Gasteiger partial charge < -0.3 is 14.7 Å². The molecular formula is C11H17F2NO4. The smallest absolute Gasteiger partial charge is 0.308 e. The fourth-order valence-electron chi connectivity index (χ4n) is 1.90. The molecule has 0 aromatic heterocycles. The number of aliphatic carboxylic acids is 1. The van der Waals surface area contributed by atoms with E-state index in [1.54, 1.807) is 0 Å². The van der Waals surface area contributed by atoms with Gasteiger partial charge in [0.15, 0.2) is 0 Å². The van der Waals surface area contributed by atoms with Crippen LogP contribution in [0.4, 0.5) is 8.78 Å². The van der Waals surface area contributed by atoms with Crippen molar-refractivity contribution in [1.82, 2.24) is 4.90 Å². The highest BCUT2D eigenvalue weighted by Gasteiger charge is 2.27. The van der Waals surface area contributed by atoms with Crippen molar-refractivity contribution in [2.24, 2.45) is 5.92 Å². The summed E-state index contributed by atoms with van der Waals surface area (Å²) in [6.07, 6.45) is -1.30. The number of carbonyl (C=O) groups is 2. The monoisotopic (exact) mass is 265 g/mol. The molecule has 18 heavy (non-hydrogen) atoms. The standard InChI is InChI=1S/C11H17F2NO4/c12-9(13)7-18-5-3-10(15)14-4-1-2-8(6-14)11(16)17/h8-9H,1-7H2,(H,16,17). The molecule has 7 heteroatoms. The number of amides is 1. The highest BCUT2D eigenvalue weighted by molar-refractivity contribution is 5.78. The molecule has 0 radical (unpaired) electrons. The van der Waals surface area contributed by atoms with E-state index in [0.717, 1.165) is 0 Å². The number of alkyl halides is 2. The third kappa shape index (κ3) is 4.95. The minimum atomic E-state index is -2.54. The molecule has 0 saturated carbocycles. The van der Waals surface area contributed by atoms with Gasteiger partial charge in [-0.2, -0.15) is 0 Å². The van der Waals surface area contributed by atoms with E-state index in [9.17, 15) is 18.4 Å². The lowest BCUT2D eigenvalue weighted by atomic mass is 9.98. The molecule has 1 rings (SSSR count). The van der Waals surface area contributed by atoms with E-state index < -0.39 is 24.9 Å². The van der Waals surface area contributed by atoms with Crippen molar-refractivity contribution in [3.05, 3.63) is 0 Å². The third-order valence-electron chi connectivity index (χ3n) is 2.83. The Labute approximate surface area is 104 Å². The van der Waals surface area contributed by atoms with Gasteiger partial charge in [-0.05, 0) is 12.8 Å². The summed E-state index contributed by atoms with van der Waals surface area (Å²) in [4.78, 5) is 24.0. The Hall–Kier alpha value is -1.24. The minimum Gasteiger partial charge on any atom is -0.481 e. The van der Waals surface area contributed by atoms with Crippen LogP contribution in [0.15, 0.2) is 0 Å². The number of carbonyl (C=O) groups excluding carboxylic acids is 1. The van der Waals surface area contributed by atoms with Crippen molar-refractivity contribution in [2.45, 2.75) is 25.7 Å². The number of hydrogen-bond acceptors (Lipinski definition) is 3. The van der Waals surface area contributed by atoms with Gasteiger partial charge in [0.2, 0.25) is 5.91 Å². The molecule has 1 N–H and O–H groups in total. The second-order valence-electron chi connectivity index (χ2n) is 4.23. The molecule has 0 aliphatic carbocycles. The normalized spacial score (nSPS) is 20.2. The van der Waals surface area contributed by atoms with Crippen molar-refractivity contribution in [3.8, 4) is 0 Å². The van der Waals surface area contributed by atoms with Gasteiger partial charge in [-0.1, -0.05) is 0 Å². The summed E-state index contributed by atoms with van der Waals surface area (Å²) < 4.78 is 28.2. The maximum Gasteiger partial charge on any atom is 0.308 e. The summed E-state index contributed by atoms with van der Waals surface area (Å²) in [5.41, 5.74) is 0. The lowest BCUT2D eigenvalue weighted by Gasteiger charge is -2.30. The average molecular weight is 265 g/mol. The lowest BCUT2D eigenvalue weighted by Crippen LogP contribution is -2.42. The van der Waals surface area contributed by atoms with Gasteiger partial charge in [0.25, 0.3) is 6.43 Å². The number of hydrogen-bond donors (Lipinski definition) is 1. The first-order valence-corrected chi connectivity index (χ1v) is 5.87. The number of carboxylic acid groups (broad SMARTS) is 1. The molecule has 1 amide bonds. The Morgan fingerprint density at radius 2 is 2.17 bits per heavy atom. The van der Waals surface area contributed by atoms with E-state index in [0.29, 0.717) is 19.4 Å². The summed E-state index contributed by atoms with van der Waals surface area (Å²) in [6.45, 7) is -0.0110. The number of piperidine rings is 1. The molecule has 1 aliphatic rings. The third-order valence-corrected chi connectivity index (χ3v) is 2.83. The van der Waals surface area contributed by atoms with Crippen LogP contribution in [-0.4, -0.2) is 54.6 Å². The van der Waals surface area contributed by atoms with Crippen LogP contribution in [0.2, 0.25) is 0 Å². The molecule has 1 aliphatic heterocycles. The topological polar surface area (TPSA) is 66.8 Å². The molecule has 0 aromatic carbocycles. The van der Waals surface area contributed by atoms with Gasteiger partial charge in [-0.25, -0.2) is 8.78 Å². The number of carboxylic acids is 1. The Balaban J connectivity index is 2.26. The van der Waals surface area contributed by atoms with Crippen molar-refractivity contribution in [2.75, 3.05) is 26.3 Å². The van der Waals surface area contributed by atoms with Crippen LogP contribution in [0.5, 0.6) is 0 Å². The summed E-state index contributed by atoms with van der Waals surface area (Å²) in [5, 5.41) is 8.87. The summed E-state index contributed by atoms with van der Waals surface area (Å²) in [5.74, 6) is -1.67. The van der Waals surface area contributed by atoms with Crippen LogP contribution in [0.25, 0.3) is 0 Å². The van der Waals surface area contributed by atoms with Crippen molar-refractivity contribution in [1.29, 1.82) is 0 Å². The second-order valence-corrected chi connectivity index (χ2v) is 4.23. The number of ether oxygens (including phenoxy) is 1. The number of likely N-dealkylation sites (tertiary alicyclic amines) is 1. The van der Waals surface area contributed by atoms with Gasteiger partial charge in [0, 0.05) is 13.1 Å². The highest BCUT2D eigenvalue weighted by Crippen LogP contribution is 2.17. The van der Waals surface area contributed by atoms with Crippen LogP contribution in [0, 0.1) is 5.92 Å². The Morgan fingerprint density at radius 1 is 1.44 bits per heavy atom. The van der Waals surface area contributed by atoms with Crippen LogP contribution < -0.4 is 0 Å².